The second-order valence-corrected chi connectivity index (χ2v) is 8.46. The van der Waals surface area contributed by atoms with Crippen LogP contribution in [0.1, 0.15) is 44.9 Å². The fourth-order valence-corrected chi connectivity index (χ4v) is 6.18. The fourth-order valence-electron chi connectivity index (χ4n) is 6.18. The minimum absolute atomic E-state index is 0.0835. The van der Waals surface area contributed by atoms with Gasteiger partial charge >= 0.3 is 0 Å². The van der Waals surface area contributed by atoms with Crippen molar-refractivity contribution in [3.63, 3.8) is 0 Å². The van der Waals surface area contributed by atoms with Gasteiger partial charge in [-0.25, -0.2) is 0 Å². The first-order chi connectivity index (χ1) is 12.2. The van der Waals surface area contributed by atoms with Gasteiger partial charge in [-0.2, -0.15) is 0 Å². The van der Waals surface area contributed by atoms with E-state index in [0.29, 0.717) is 35.6 Å². The first-order valence-corrected chi connectivity index (χ1v) is 9.86. The maximum absolute atomic E-state index is 9.01. The van der Waals surface area contributed by atoms with Crippen LogP contribution in [0.25, 0.3) is 0 Å². The molecule has 0 aromatic heterocycles. The number of allylic oxidation sites excluding steroid dienone is 2. The Morgan fingerprint density at radius 1 is 1.12 bits per heavy atom. The Morgan fingerprint density at radius 3 is 2.56 bits per heavy atom. The molecule has 134 valence electrons. The Bertz CT molecular complexity index is 613. The molecule has 7 atom stereocenters. The molecule has 25 heavy (non-hydrogen) atoms. The van der Waals surface area contributed by atoms with E-state index in [1.807, 2.05) is 0 Å². The molecule has 4 rings (SSSR count). The summed E-state index contributed by atoms with van der Waals surface area (Å²) >= 11 is 0. The second-order valence-electron chi connectivity index (χ2n) is 8.46. The lowest BCUT2D eigenvalue weighted by Gasteiger charge is -2.53. The van der Waals surface area contributed by atoms with E-state index >= 15 is 0 Å². The van der Waals surface area contributed by atoms with Crippen LogP contribution in [-0.2, 0) is 0 Å². The SMILES string of the molecule is C=NC1CC2CCCC(C(=N)C3=CCC(C(N=C)N=C)C4CCC34)C21. The van der Waals surface area contributed by atoms with Gasteiger partial charge in [-0.1, -0.05) is 12.5 Å². The number of aliphatic imine (C=N–C) groups is 3. The number of nitrogens with zero attached hydrogens (tertiary/aromatic N) is 3. The Labute approximate surface area is 151 Å². The van der Waals surface area contributed by atoms with Crippen LogP contribution in [0.5, 0.6) is 0 Å². The summed E-state index contributed by atoms with van der Waals surface area (Å²) < 4.78 is 0. The highest BCUT2D eigenvalue weighted by atomic mass is 15.0. The Balaban J connectivity index is 1.53. The zero-order valence-corrected chi connectivity index (χ0v) is 15.1. The number of hydrogen-bond acceptors (Lipinski definition) is 4. The summed E-state index contributed by atoms with van der Waals surface area (Å²) in [5.74, 6) is 3.33. The quantitative estimate of drug-likeness (QED) is 0.705. The molecule has 0 heterocycles. The maximum atomic E-state index is 9.01. The third-order valence-electron chi connectivity index (χ3n) is 7.65. The Kier molecular flexibility index (Phi) is 4.47. The summed E-state index contributed by atoms with van der Waals surface area (Å²) in [6.45, 7) is 11.2. The van der Waals surface area contributed by atoms with Gasteiger partial charge in [0, 0.05) is 17.5 Å². The van der Waals surface area contributed by atoms with Gasteiger partial charge in [-0.3, -0.25) is 15.0 Å². The average Bonchev–Trinajstić information content (AvgIpc) is 2.57. The van der Waals surface area contributed by atoms with Crippen LogP contribution in [0, 0.1) is 40.9 Å². The molecule has 4 heteroatoms. The lowest BCUT2D eigenvalue weighted by atomic mass is 9.53. The molecule has 3 fully saturated rings. The summed E-state index contributed by atoms with van der Waals surface area (Å²) in [6.07, 6.45) is 10.6. The molecule has 0 aliphatic heterocycles. The normalized spacial score (nSPS) is 42.1. The van der Waals surface area contributed by atoms with Crippen molar-refractivity contribution in [2.45, 2.75) is 57.2 Å². The molecule has 0 amide bonds. The molecule has 7 unspecified atom stereocenters. The van der Waals surface area contributed by atoms with Crippen LogP contribution in [0.3, 0.4) is 0 Å². The average molecular weight is 338 g/mol. The molecular weight excluding hydrogens is 308 g/mol. The molecule has 4 aliphatic carbocycles. The van der Waals surface area contributed by atoms with Crippen LogP contribution in [-0.4, -0.2) is 38.1 Å². The smallest absolute Gasteiger partial charge is 0.141 e. The third-order valence-corrected chi connectivity index (χ3v) is 7.65. The van der Waals surface area contributed by atoms with Gasteiger partial charge in [0.1, 0.15) is 6.17 Å². The molecule has 4 aliphatic rings. The van der Waals surface area contributed by atoms with Gasteiger partial charge in [0.05, 0.1) is 6.04 Å². The van der Waals surface area contributed by atoms with Gasteiger partial charge in [0.2, 0.25) is 0 Å². The van der Waals surface area contributed by atoms with Crippen LogP contribution in [0.2, 0.25) is 0 Å². The number of fused-ring (bicyclic) bond motifs is 2. The van der Waals surface area contributed by atoms with Crippen molar-refractivity contribution in [1.82, 2.24) is 0 Å². The standard InChI is InChI=1S/C21H30N4/c1-23-18-11-12-5-4-6-17(19(12)18)20(22)15-9-10-16(21(24-2)25-3)14-8-7-13(14)15/h9,12-14,16-19,21-22H,1-8,10-11H2. The summed E-state index contributed by atoms with van der Waals surface area (Å²) in [6, 6.07) is 0.393. The van der Waals surface area contributed by atoms with E-state index in [4.69, 9.17) is 5.41 Å². The van der Waals surface area contributed by atoms with E-state index in [2.05, 4.69) is 41.2 Å². The van der Waals surface area contributed by atoms with Crippen LogP contribution in [0.4, 0.5) is 0 Å². The summed E-state index contributed by atoms with van der Waals surface area (Å²) in [5.41, 5.74) is 2.26. The Hall–Kier alpha value is -1.58. The summed E-state index contributed by atoms with van der Waals surface area (Å²) in [7, 11) is 0. The lowest BCUT2D eigenvalue weighted by Crippen LogP contribution is -2.51. The van der Waals surface area contributed by atoms with Gasteiger partial charge in [0.25, 0.3) is 0 Å². The minimum atomic E-state index is -0.0835. The summed E-state index contributed by atoms with van der Waals surface area (Å²) in [4.78, 5) is 12.7. The molecule has 0 spiro atoms. The van der Waals surface area contributed by atoms with Crippen molar-refractivity contribution in [2.75, 3.05) is 0 Å². The molecule has 4 nitrogen and oxygen atoms in total. The fraction of sp³-hybridized carbons (Fsp3) is 0.714. The van der Waals surface area contributed by atoms with Crippen molar-refractivity contribution < 1.29 is 0 Å². The summed E-state index contributed by atoms with van der Waals surface area (Å²) in [5, 5.41) is 9.01. The molecule has 0 saturated heterocycles. The van der Waals surface area contributed by atoms with E-state index in [9.17, 15) is 0 Å². The van der Waals surface area contributed by atoms with Gasteiger partial charge in [0.15, 0.2) is 0 Å². The van der Waals surface area contributed by atoms with Gasteiger partial charge in [-0.05, 0) is 87.9 Å². The highest BCUT2D eigenvalue weighted by molar-refractivity contribution is 6.00. The minimum Gasteiger partial charge on any atom is -0.305 e. The number of hydrogen-bond donors (Lipinski definition) is 1. The maximum Gasteiger partial charge on any atom is 0.141 e. The first-order valence-electron chi connectivity index (χ1n) is 9.86. The highest BCUT2D eigenvalue weighted by Crippen LogP contribution is 2.54. The van der Waals surface area contributed by atoms with E-state index in [-0.39, 0.29) is 6.17 Å². The van der Waals surface area contributed by atoms with Crippen LogP contribution >= 0.6 is 0 Å². The molecule has 0 aromatic carbocycles. The highest BCUT2D eigenvalue weighted by Gasteiger charge is 2.51. The van der Waals surface area contributed by atoms with E-state index in [1.54, 1.807) is 0 Å². The van der Waals surface area contributed by atoms with Gasteiger partial charge < -0.3 is 5.41 Å². The number of nitrogens with one attached hydrogen (secondary N) is 1. The molecule has 3 saturated carbocycles. The zero-order valence-electron chi connectivity index (χ0n) is 15.1. The van der Waals surface area contributed by atoms with E-state index in [0.717, 1.165) is 24.5 Å². The molecule has 0 radical (unpaired) electrons. The van der Waals surface area contributed by atoms with Crippen molar-refractivity contribution in [2.24, 2.45) is 50.5 Å². The van der Waals surface area contributed by atoms with Crippen molar-refractivity contribution >= 4 is 25.9 Å². The topological polar surface area (TPSA) is 60.9 Å². The van der Waals surface area contributed by atoms with Crippen molar-refractivity contribution in [3.05, 3.63) is 11.6 Å². The van der Waals surface area contributed by atoms with E-state index < -0.39 is 0 Å². The predicted octanol–water partition coefficient (Wildman–Crippen LogP) is 4.21. The predicted molar refractivity (Wildman–Crippen MR) is 105 cm³/mol. The Morgan fingerprint density at radius 2 is 1.92 bits per heavy atom. The van der Waals surface area contributed by atoms with Crippen molar-refractivity contribution in [1.29, 1.82) is 5.41 Å². The largest absolute Gasteiger partial charge is 0.305 e. The molecule has 0 bridgehead atoms. The molecule has 1 N–H and O–H groups in total. The first kappa shape index (κ1) is 16.9. The van der Waals surface area contributed by atoms with E-state index in [1.165, 1.54) is 37.7 Å². The lowest BCUT2D eigenvalue weighted by molar-refractivity contribution is 0.0554. The number of rotatable bonds is 6. The van der Waals surface area contributed by atoms with Gasteiger partial charge in [-0.15, -0.1) is 0 Å². The van der Waals surface area contributed by atoms with Crippen LogP contribution < -0.4 is 0 Å². The second kappa shape index (κ2) is 6.62. The monoisotopic (exact) mass is 338 g/mol. The molecule has 0 aromatic rings. The van der Waals surface area contributed by atoms with Crippen LogP contribution in [0.15, 0.2) is 26.6 Å². The zero-order chi connectivity index (χ0) is 17.6. The van der Waals surface area contributed by atoms with Crippen molar-refractivity contribution in [3.8, 4) is 0 Å². The third kappa shape index (κ3) is 2.56. The molecular formula is C21H30N4.